The maximum atomic E-state index is 12.0. The molecule has 1 aromatic rings. The van der Waals surface area contributed by atoms with Crippen molar-refractivity contribution in [3.63, 3.8) is 0 Å². The van der Waals surface area contributed by atoms with Crippen LogP contribution in [0.4, 0.5) is 0 Å². The van der Waals surface area contributed by atoms with Crippen LogP contribution >= 0.6 is 0 Å². The fourth-order valence-corrected chi connectivity index (χ4v) is 2.45. The summed E-state index contributed by atoms with van der Waals surface area (Å²) in [5.41, 5.74) is 3.28. The summed E-state index contributed by atoms with van der Waals surface area (Å²) in [4.78, 5) is 12.0. The van der Waals surface area contributed by atoms with E-state index in [1.807, 2.05) is 26.0 Å². The third-order valence-electron chi connectivity index (χ3n) is 3.80. The third-order valence-corrected chi connectivity index (χ3v) is 3.80. The van der Waals surface area contributed by atoms with Gasteiger partial charge in [0.05, 0.1) is 19.6 Å². The molecule has 2 rings (SSSR count). The van der Waals surface area contributed by atoms with Crippen molar-refractivity contribution in [3.05, 3.63) is 28.8 Å². The number of aryl methyl sites for hydroxylation is 2. The molecule has 20 heavy (non-hydrogen) atoms. The van der Waals surface area contributed by atoms with Crippen molar-refractivity contribution < 1.29 is 14.3 Å². The minimum absolute atomic E-state index is 0.0158. The summed E-state index contributed by atoms with van der Waals surface area (Å²) in [7, 11) is 1.64. The van der Waals surface area contributed by atoms with E-state index in [1.54, 1.807) is 7.11 Å². The van der Waals surface area contributed by atoms with Crippen LogP contribution in [0.2, 0.25) is 0 Å². The molecule has 1 aliphatic rings. The first-order chi connectivity index (χ1) is 9.60. The summed E-state index contributed by atoms with van der Waals surface area (Å²) in [5.74, 6) is 0.794. The Hall–Kier alpha value is -1.55. The zero-order valence-corrected chi connectivity index (χ0v) is 12.5. The van der Waals surface area contributed by atoms with Gasteiger partial charge in [0.1, 0.15) is 5.75 Å². The Morgan fingerprint density at radius 1 is 1.40 bits per heavy atom. The van der Waals surface area contributed by atoms with E-state index < -0.39 is 0 Å². The van der Waals surface area contributed by atoms with Crippen molar-refractivity contribution in [2.24, 2.45) is 0 Å². The summed E-state index contributed by atoms with van der Waals surface area (Å²) in [5, 5.41) is 2.94. The highest BCUT2D eigenvalue weighted by atomic mass is 16.5. The molecule has 0 radical (unpaired) electrons. The average Bonchev–Trinajstić information content (AvgIpc) is 2.93. The lowest BCUT2D eigenvalue weighted by atomic mass is 10.0. The number of carbonyl (C=O) groups is 1. The third kappa shape index (κ3) is 3.73. The highest BCUT2D eigenvalue weighted by molar-refractivity contribution is 5.79. The van der Waals surface area contributed by atoms with Crippen molar-refractivity contribution in [2.45, 2.75) is 39.2 Å². The first-order valence-electron chi connectivity index (χ1n) is 7.12. The smallest absolute Gasteiger partial charge is 0.224 e. The van der Waals surface area contributed by atoms with Crippen LogP contribution in [0, 0.1) is 13.8 Å². The fourth-order valence-electron chi connectivity index (χ4n) is 2.45. The van der Waals surface area contributed by atoms with Gasteiger partial charge < -0.3 is 14.8 Å². The number of methoxy groups -OCH3 is 1. The van der Waals surface area contributed by atoms with Gasteiger partial charge in [-0.3, -0.25) is 4.79 Å². The highest BCUT2D eigenvalue weighted by Gasteiger charge is 2.17. The number of ether oxygens (including phenoxy) is 2. The van der Waals surface area contributed by atoms with E-state index in [-0.39, 0.29) is 12.0 Å². The van der Waals surface area contributed by atoms with E-state index in [0.29, 0.717) is 13.0 Å². The molecular formula is C16H23NO3. The summed E-state index contributed by atoms with van der Waals surface area (Å²) in [6, 6.07) is 4.01. The molecular weight excluding hydrogens is 254 g/mol. The van der Waals surface area contributed by atoms with Crippen LogP contribution in [0.15, 0.2) is 12.1 Å². The molecule has 1 fully saturated rings. The molecule has 1 N–H and O–H groups in total. The van der Waals surface area contributed by atoms with E-state index >= 15 is 0 Å². The molecule has 1 amide bonds. The second-order valence-electron chi connectivity index (χ2n) is 5.36. The summed E-state index contributed by atoms with van der Waals surface area (Å²) >= 11 is 0. The molecule has 4 heteroatoms. The molecule has 1 aliphatic heterocycles. The monoisotopic (exact) mass is 277 g/mol. The molecule has 0 aliphatic carbocycles. The Morgan fingerprint density at radius 2 is 2.15 bits per heavy atom. The predicted molar refractivity (Wildman–Crippen MR) is 78.2 cm³/mol. The number of amides is 1. The Kier molecular flexibility index (Phi) is 5.01. The van der Waals surface area contributed by atoms with Gasteiger partial charge in [0, 0.05) is 18.7 Å². The Balaban J connectivity index is 1.94. The van der Waals surface area contributed by atoms with Crippen LogP contribution in [0.25, 0.3) is 0 Å². The van der Waals surface area contributed by atoms with Gasteiger partial charge in [0.15, 0.2) is 0 Å². The van der Waals surface area contributed by atoms with E-state index in [9.17, 15) is 4.79 Å². The molecule has 0 saturated carbocycles. The van der Waals surface area contributed by atoms with Gasteiger partial charge in [0.25, 0.3) is 0 Å². The minimum atomic E-state index is 0.0158. The molecule has 1 atom stereocenters. The fraction of sp³-hybridized carbons (Fsp3) is 0.562. The lowest BCUT2D eigenvalue weighted by Gasteiger charge is -2.13. The highest BCUT2D eigenvalue weighted by Crippen LogP contribution is 2.23. The minimum Gasteiger partial charge on any atom is -0.496 e. The Labute approximate surface area is 120 Å². The number of carbonyl (C=O) groups excluding carboxylic acids is 1. The van der Waals surface area contributed by atoms with Crippen LogP contribution < -0.4 is 10.1 Å². The maximum absolute atomic E-state index is 12.0. The first kappa shape index (κ1) is 14.9. The average molecular weight is 277 g/mol. The molecule has 4 nitrogen and oxygen atoms in total. The van der Waals surface area contributed by atoms with Crippen LogP contribution in [0.1, 0.15) is 29.5 Å². The number of rotatable bonds is 5. The van der Waals surface area contributed by atoms with Gasteiger partial charge in [-0.05, 0) is 43.9 Å². The van der Waals surface area contributed by atoms with Gasteiger partial charge in [-0.1, -0.05) is 6.07 Å². The molecule has 0 spiro atoms. The van der Waals surface area contributed by atoms with Gasteiger partial charge in [-0.25, -0.2) is 0 Å². The second-order valence-corrected chi connectivity index (χ2v) is 5.36. The van der Waals surface area contributed by atoms with Gasteiger partial charge in [-0.15, -0.1) is 0 Å². The number of hydrogen-bond donors (Lipinski definition) is 1. The van der Waals surface area contributed by atoms with Gasteiger partial charge in [-0.2, -0.15) is 0 Å². The molecule has 0 aromatic heterocycles. The topological polar surface area (TPSA) is 47.6 Å². The summed E-state index contributed by atoms with van der Waals surface area (Å²) < 4.78 is 10.8. The second kappa shape index (κ2) is 6.75. The Morgan fingerprint density at radius 3 is 2.80 bits per heavy atom. The van der Waals surface area contributed by atoms with Gasteiger partial charge in [0.2, 0.25) is 5.91 Å². The molecule has 1 saturated heterocycles. The summed E-state index contributed by atoms with van der Waals surface area (Å²) in [6.07, 6.45) is 2.65. The quantitative estimate of drug-likeness (QED) is 0.897. The number of hydrogen-bond acceptors (Lipinski definition) is 3. The largest absolute Gasteiger partial charge is 0.496 e. The van der Waals surface area contributed by atoms with E-state index in [2.05, 4.69) is 5.32 Å². The Bertz CT molecular complexity index is 479. The van der Waals surface area contributed by atoms with Crippen LogP contribution in [-0.4, -0.2) is 32.3 Å². The van der Waals surface area contributed by atoms with Crippen molar-refractivity contribution in [2.75, 3.05) is 20.3 Å². The van der Waals surface area contributed by atoms with Crippen LogP contribution in [-0.2, 0) is 16.0 Å². The molecule has 1 heterocycles. The van der Waals surface area contributed by atoms with Crippen molar-refractivity contribution in [3.8, 4) is 5.75 Å². The van der Waals surface area contributed by atoms with Crippen LogP contribution in [0.5, 0.6) is 5.75 Å². The predicted octanol–water partition coefficient (Wildman–Crippen LogP) is 2.15. The molecule has 110 valence electrons. The number of nitrogens with one attached hydrogen (secondary N) is 1. The first-order valence-corrected chi connectivity index (χ1v) is 7.12. The zero-order chi connectivity index (χ0) is 14.5. The molecule has 1 unspecified atom stereocenters. The van der Waals surface area contributed by atoms with E-state index in [4.69, 9.17) is 9.47 Å². The SMILES string of the molecule is COc1cc(C)c(C)cc1CC(=O)NCC1CCCO1. The van der Waals surface area contributed by atoms with Crippen molar-refractivity contribution in [1.29, 1.82) is 0 Å². The summed E-state index contributed by atoms with van der Waals surface area (Å²) in [6.45, 7) is 5.50. The van der Waals surface area contributed by atoms with E-state index in [0.717, 1.165) is 30.8 Å². The lowest BCUT2D eigenvalue weighted by molar-refractivity contribution is -0.120. The lowest BCUT2D eigenvalue weighted by Crippen LogP contribution is -2.32. The van der Waals surface area contributed by atoms with Crippen molar-refractivity contribution in [1.82, 2.24) is 5.32 Å². The maximum Gasteiger partial charge on any atom is 0.224 e. The van der Waals surface area contributed by atoms with Crippen LogP contribution in [0.3, 0.4) is 0 Å². The van der Waals surface area contributed by atoms with E-state index in [1.165, 1.54) is 11.1 Å². The zero-order valence-electron chi connectivity index (χ0n) is 12.5. The standard InChI is InChI=1S/C16H23NO3/c1-11-7-13(15(19-3)8-12(11)2)9-16(18)17-10-14-5-4-6-20-14/h7-8,14H,4-6,9-10H2,1-3H3,(H,17,18). The van der Waals surface area contributed by atoms with Crippen molar-refractivity contribution >= 4 is 5.91 Å². The number of benzene rings is 1. The molecule has 1 aromatic carbocycles. The normalized spacial score (nSPS) is 18.1. The van der Waals surface area contributed by atoms with Gasteiger partial charge >= 0.3 is 0 Å². The molecule has 0 bridgehead atoms.